The number of allylic oxidation sites excluding steroid dienone is 1. The van der Waals surface area contributed by atoms with Crippen molar-refractivity contribution in [2.75, 3.05) is 7.11 Å². The van der Waals surface area contributed by atoms with Crippen LogP contribution in [0.15, 0.2) is 29.8 Å². The lowest BCUT2D eigenvalue weighted by atomic mass is 10.2. The minimum atomic E-state index is -0.440. The SMILES string of the molecule is CC=C(C)C(=O)Oc1ccc(C=O)cc1OC. The Morgan fingerprint density at radius 3 is 2.53 bits per heavy atom. The van der Waals surface area contributed by atoms with Crippen molar-refractivity contribution in [2.45, 2.75) is 13.8 Å². The highest BCUT2D eigenvalue weighted by molar-refractivity contribution is 5.90. The molecule has 0 spiro atoms. The Balaban J connectivity index is 2.98. The average Bonchev–Trinajstić information content (AvgIpc) is 2.37. The van der Waals surface area contributed by atoms with Crippen molar-refractivity contribution < 1.29 is 19.1 Å². The Kier molecular flexibility index (Phi) is 4.46. The van der Waals surface area contributed by atoms with Crippen LogP contribution in [0.25, 0.3) is 0 Å². The van der Waals surface area contributed by atoms with Gasteiger partial charge in [-0.05, 0) is 32.0 Å². The summed E-state index contributed by atoms with van der Waals surface area (Å²) in [7, 11) is 1.45. The first-order valence-electron chi connectivity index (χ1n) is 5.10. The maximum Gasteiger partial charge on any atom is 0.338 e. The first-order valence-corrected chi connectivity index (χ1v) is 5.10. The molecule has 17 heavy (non-hydrogen) atoms. The van der Waals surface area contributed by atoms with Crippen molar-refractivity contribution in [3.63, 3.8) is 0 Å². The van der Waals surface area contributed by atoms with Crippen LogP contribution in [0.2, 0.25) is 0 Å². The molecule has 0 saturated heterocycles. The van der Waals surface area contributed by atoms with E-state index in [1.165, 1.54) is 19.2 Å². The smallest absolute Gasteiger partial charge is 0.338 e. The highest BCUT2D eigenvalue weighted by Crippen LogP contribution is 2.28. The van der Waals surface area contributed by atoms with Crippen LogP contribution >= 0.6 is 0 Å². The molecule has 4 nitrogen and oxygen atoms in total. The van der Waals surface area contributed by atoms with E-state index in [2.05, 4.69) is 0 Å². The van der Waals surface area contributed by atoms with E-state index in [1.54, 1.807) is 26.0 Å². The van der Waals surface area contributed by atoms with Gasteiger partial charge in [-0.25, -0.2) is 4.79 Å². The molecule has 90 valence electrons. The van der Waals surface area contributed by atoms with E-state index in [1.807, 2.05) is 0 Å². The van der Waals surface area contributed by atoms with Crippen LogP contribution in [0.5, 0.6) is 11.5 Å². The molecule has 0 bridgehead atoms. The second kappa shape index (κ2) is 5.84. The number of carbonyl (C=O) groups excluding carboxylic acids is 2. The molecule has 0 atom stereocenters. The fourth-order valence-electron chi connectivity index (χ4n) is 1.14. The molecule has 0 aliphatic rings. The summed E-state index contributed by atoms with van der Waals surface area (Å²) in [4.78, 5) is 22.1. The lowest BCUT2D eigenvalue weighted by Crippen LogP contribution is -2.09. The molecule has 1 aromatic carbocycles. The van der Waals surface area contributed by atoms with Gasteiger partial charge in [-0.15, -0.1) is 0 Å². The molecule has 0 aliphatic heterocycles. The van der Waals surface area contributed by atoms with Crippen molar-refractivity contribution in [1.82, 2.24) is 0 Å². The molecule has 1 aromatic rings. The molecular formula is C13H14O4. The van der Waals surface area contributed by atoms with Crippen LogP contribution in [0, 0.1) is 0 Å². The Labute approximate surface area is 99.8 Å². The van der Waals surface area contributed by atoms with Crippen molar-refractivity contribution in [2.24, 2.45) is 0 Å². The minimum absolute atomic E-state index is 0.296. The minimum Gasteiger partial charge on any atom is -0.493 e. The summed E-state index contributed by atoms with van der Waals surface area (Å²) in [6.45, 7) is 3.41. The van der Waals surface area contributed by atoms with Crippen molar-refractivity contribution in [3.8, 4) is 11.5 Å². The molecule has 0 unspecified atom stereocenters. The molecular weight excluding hydrogens is 220 g/mol. The zero-order valence-corrected chi connectivity index (χ0v) is 10.0. The molecule has 1 rings (SSSR count). The largest absolute Gasteiger partial charge is 0.493 e. The van der Waals surface area contributed by atoms with Crippen LogP contribution in [0.4, 0.5) is 0 Å². The van der Waals surface area contributed by atoms with Gasteiger partial charge in [0.05, 0.1) is 7.11 Å². The normalized spacial score (nSPS) is 10.9. The van der Waals surface area contributed by atoms with Gasteiger partial charge in [0, 0.05) is 11.1 Å². The Morgan fingerprint density at radius 2 is 2.00 bits per heavy atom. The maximum absolute atomic E-state index is 11.6. The van der Waals surface area contributed by atoms with Gasteiger partial charge in [0.25, 0.3) is 0 Å². The second-order valence-electron chi connectivity index (χ2n) is 3.39. The Hall–Kier alpha value is -2.10. The van der Waals surface area contributed by atoms with E-state index in [0.29, 0.717) is 28.9 Å². The molecule has 0 saturated carbocycles. The van der Waals surface area contributed by atoms with E-state index >= 15 is 0 Å². The van der Waals surface area contributed by atoms with Gasteiger partial charge in [-0.1, -0.05) is 6.08 Å². The van der Waals surface area contributed by atoms with E-state index in [-0.39, 0.29) is 0 Å². The third kappa shape index (κ3) is 3.17. The monoisotopic (exact) mass is 234 g/mol. The fourth-order valence-corrected chi connectivity index (χ4v) is 1.14. The first-order chi connectivity index (χ1) is 8.12. The molecule has 0 N–H and O–H groups in total. The number of rotatable bonds is 4. The highest BCUT2D eigenvalue weighted by Gasteiger charge is 2.11. The molecule has 0 aromatic heterocycles. The second-order valence-corrected chi connectivity index (χ2v) is 3.39. The number of esters is 1. The van der Waals surface area contributed by atoms with Crippen LogP contribution in [-0.4, -0.2) is 19.4 Å². The summed E-state index contributed by atoms with van der Waals surface area (Å²) in [5.74, 6) is 0.209. The van der Waals surface area contributed by atoms with Crippen molar-refractivity contribution in [3.05, 3.63) is 35.4 Å². The van der Waals surface area contributed by atoms with E-state index in [4.69, 9.17) is 9.47 Å². The third-order valence-corrected chi connectivity index (χ3v) is 2.28. The lowest BCUT2D eigenvalue weighted by molar-refractivity contribution is -0.130. The zero-order chi connectivity index (χ0) is 12.8. The van der Waals surface area contributed by atoms with Crippen molar-refractivity contribution in [1.29, 1.82) is 0 Å². The highest BCUT2D eigenvalue weighted by atomic mass is 16.6. The van der Waals surface area contributed by atoms with Gasteiger partial charge in [-0.3, -0.25) is 4.79 Å². The van der Waals surface area contributed by atoms with Crippen LogP contribution in [0.3, 0.4) is 0 Å². The van der Waals surface area contributed by atoms with E-state index < -0.39 is 5.97 Å². The van der Waals surface area contributed by atoms with Gasteiger partial charge in [0.2, 0.25) is 0 Å². The number of hydrogen-bond acceptors (Lipinski definition) is 4. The topological polar surface area (TPSA) is 52.6 Å². The molecule has 0 amide bonds. The molecule has 0 radical (unpaired) electrons. The van der Waals surface area contributed by atoms with Crippen LogP contribution in [0.1, 0.15) is 24.2 Å². The molecule has 0 heterocycles. The molecule has 4 heteroatoms. The lowest BCUT2D eigenvalue weighted by Gasteiger charge is -2.09. The summed E-state index contributed by atoms with van der Waals surface area (Å²) in [5, 5.41) is 0. The number of carbonyl (C=O) groups is 2. The number of hydrogen-bond donors (Lipinski definition) is 0. The van der Waals surface area contributed by atoms with Crippen LogP contribution in [-0.2, 0) is 4.79 Å². The molecule has 0 aliphatic carbocycles. The summed E-state index contributed by atoms with van der Waals surface area (Å²) >= 11 is 0. The maximum atomic E-state index is 11.6. The van der Waals surface area contributed by atoms with Gasteiger partial charge < -0.3 is 9.47 Å². The summed E-state index contributed by atoms with van der Waals surface area (Å²) in [5.41, 5.74) is 0.968. The van der Waals surface area contributed by atoms with Gasteiger partial charge in [-0.2, -0.15) is 0 Å². The number of aldehydes is 1. The van der Waals surface area contributed by atoms with Gasteiger partial charge in [0.15, 0.2) is 11.5 Å². The predicted molar refractivity (Wildman–Crippen MR) is 63.4 cm³/mol. The number of ether oxygens (including phenoxy) is 2. The summed E-state index contributed by atoms with van der Waals surface area (Å²) in [6, 6.07) is 4.60. The fraction of sp³-hybridized carbons (Fsp3) is 0.231. The summed E-state index contributed by atoms with van der Waals surface area (Å²) in [6.07, 6.45) is 2.36. The van der Waals surface area contributed by atoms with Gasteiger partial charge in [0.1, 0.15) is 6.29 Å². The predicted octanol–water partition coefficient (Wildman–Crippen LogP) is 2.38. The number of methoxy groups -OCH3 is 1. The van der Waals surface area contributed by atoms with Crippen molar-refractivity contribution >= 4 is 12.3 Å². The number of benzene rings is 1. The third-order valence-electron chi connectivity index (χ3n) is 2.28. The van der Waals surface area contributed by atoms with Gasteiger partial charge >= 0.3 is 5.97 Å². The van der Waals surface area contributed by atoms with E-state index in [0.717, 1.165) is 0 Å². The quantitative estimate of drug-likeness (QED) is 0.347. The first kappa shape index (κ1) is 13.0. The Bertz CT molecular complexity index is 460. The standard InChI is InChI=1S/C13H14O4/c1-4-9(2)13(15)17-11-6-5-10(8-14)7-12(11)16-3/h4-8H,1-3H3. The Morgan fingerprint density at radius 1 is 1.29 bits per heavy atom. The zero-order valence-electron chi connectivity index (χ0n) is 10.0. The molecule has 0 fully saturated rings. The average molecular weight is 234 g/mol. The van der Waals surface area contributed by atoms with E-state index in [9.17, 15) is 9.59 Å². The summed E-state index contributed by atoms with van der Waals surface area (Å²) < 4.78 is 10.2. The van der Waals surface area contributed by atoms with Crippen LogP contribution < -0.4 is 9.47 Å².